The van der Waals surface area contributed by atoms with Gasteiger partial charge in [-0.3, -0.25) is 25.2 Å². The van der Waals surface area contributed by atoms with Gasteiger partial charge in [0.15, 0.2) is 6.10 Å². The average molecular weight is 412 g/mol. The molecule has 30 heavy (non-hydrogen) atoms. The molecule has 0 aliphatic carbocycles. The van der Waals surface area contributed by atoms with Gasteiger partial charge in [-0.25, -0.2) is 0 Å². The van der Waals surface area contributed by atoms with Crippen molar-refractivity contribution in [2.75, 3.05) is 5.32 Å². The van der Waals surface area contributed by atoms with Crippen LogP contribution in [0.25, 0.3) is 0 Å². The summed E-state index contributed by atoms with van der Waals surface area (Å²) < 4.78 is 5.71. The number of ether oxygens (including phenoxy) is 1. The lowest BCUT2D eigenvalue weighted by molar-refractivity contribution is -0.128. The van der Waals surface area contributed by atoms with Crippen molar-refractivity contribution in [1.29, 1.82) is 0 Å². The Kier molecular flexibility index (Phi) is 7.21. The highest BCUT2D eigenvalue weighted by molar-refractivity contribution is 5.99. The number of hydrazine groups is 1. The van der Waals surface area contributed by atoms with Gasteiger partial charge in [-0.2, -0.15) is 0 Å². The van der Waals surface area contributed by atoms with Gasteiger partial charge in [-0.1, -0.05) is 39.0 Å². The van der Waals surface area contributed by atoms with E-state index in [9.17, 15) is 14.4 Å². The number of rotatable bonds is 5. The van der Waals surface area contributed by atoms with Crippen molar-refractivity contribution in [2.45, 2.75) is 47.6 Å². The largest absolute Gasteiger partial charge is 0.481 e. The summed E-state index contributed by atoms with van der Waals surface area (Å²) in [6.45, 7) is 10.9. The number of amides is 3. The number of aryl methyl sites for hydroxylation is 1. The summed E-state index contributed by atoms with van der Waals surface area (Å²) in [6, 6.07) is 12.1. The number of hydrogen-bond donors (Lipinski definition) is 3. The maximum absolute atomic E-state index is 12.4. The molecule has 0 saturated carbocycles. The molecule has 0 aromatic heterocycles. The monoisotopic (exact) mass is 411 g/mol. The molecule has 0 unspecified atom stereocenters. The zero-order chi connectivity index (χ0) is 22.5. The van der Waals surface area contributed by atoms with Crippen LogP contribution in [0.1, 0.15) is 49.2 Å². The Balaban J connectivity index is 1.95. The van der Waals surface area contributed by atoms with Crippen molar-refractivity contribution < 1.29 is 19.1 Å². The molecule has 0 fully saturated rings. The molecule has 0 radical (unpaired) electrons. The number of carbonyl (C=O) groups excluding carboxylic acids is 3. The molecule has 0 aliphatic heterocycles. The molecule has 0 bridgehead atoms. The van der Waals surface area contributed by atoms with Gasteiger partial charge >= 0.3 is 0 Å². The predicted molar refractivity (Wildman–Crippen MR) is 116 cm³/mol. The van der Waals surface area contributed by atoms with Crippen molar-refractivity contribution in [3.05, 3.63) is 59.2 Å². The maximum atomic E-state index is 12.4. The number of hydrogen-bond acceptors (Lipinski definition) is 4. The molecule has 0 saturated heterocycles. The van der Waals surface area contributed by atoms with Crippen molar-refractivity contribution >= 4 is 23.4 Å². The van der Waals surface area contributed by atoms with Gasteiger partial charge in [-0.15, -0.1) is 0 Å². The van der Waals surface area contributed by atoms with Crippen LogP contribution in [-0.4, -0.2) is 23.8 Å². The summed E-state index contributed by atoms with van der Waals surface area (Å²) >= 11 is 0. The quantitative estimate of drug-likeness (QED) is 0.656. The van der Waals surface area contributed by atoms with Gasteiger partial charge < -0.3 is 10.1 Å². The van der Waals surface area contributed by atoms with E-state index in [-0.39, 0.29) is 5.91 Å². The summed E-state index contributed by atoms with van der Waals surface area (Å²) in [6.07, 6.45) is -0.803. The summed E-state index contributed by atoms with van der Waals surface area (Å²) in [4.78, 5) is 36.8. The number of anilines is 1. The van der Waals surface area contributed by atoms with Gasteiger partial charge in [0.05, 0.1) is 0 Å². The van der Waals surface area contributed by atoms with E-state index in [0.29, 0.717) is 17.0 Å². The van der Waals surface area contributed by atoms with Crippen LogP contribution in [0.4, 0.5) is 5.69 Å². The van der Waals surface area contributed by atoms with E-state index in [0.717, 1.165) is 11.1 Å². The molecular weight excluding hydrogens is 382 g/mol. The zero-order valence-corrected chi connectivity index (χ0v) is 18.3. The van der Waals surface area contributed by atoms with E-state index >= 15 is 0 Å². The molecule has 0 heterocycles. The summed E-state index contributed by atoms with van der Waals surface area (Å²) in [5.74, 6) is -0.535. The molecule has 2 aromatic rings. The van der Waals surface area contributed by atoms with Crippen LogP contribution in [0.5, 0.6) is 5.75 Å². The van der Waals surface area contributed by atoms with Crippen LogP contribution >= 0.6 is 0 Å². The first kappa shape index (κ1) is 22.9. The molecule has 3 N–H and O–H groups in total. The van der Waals surface area contributed by atoms with E-state index in [2.05, 4.69) is 16.2 Å². The Morgan fingerprint density at radius 3 is 2.30 bits per heavy atom. The molecule has 0 aliphatic rings. The Labute approximate surface area is 177 Å². The third-order valence-electron chi connectivity index (χ3n) is 4.59. The van der Waals surface area contributed by atoms with Gasteiger partial charge in [0, 0.05) is 16.7 Å². The van der Waals surface area contributed by atoms with Gasteiger partial charge in [0.2, 0.25) is 5.91 Å². The lowest BCUT2D eigenvalue weighted by atomic mass is 9.95. The second-order valence-corrected chi connectivity index (χ2v) is 8.19. The zero-order valence-electron chi connectivity index (χ0n) is 18.3. The molecular formula is C23H29N3O4. The Morgan fingerprint density at radius 1 is 0.967 bits per heavy atom. The van der Waals surface area contributed by atoms with Crippen LogP contribution in [0.15, 0.2) is 42.5 Å². The first-order chi connectivity index (χ1) is 14.0. The smallest absolute Gasteiger partial charge is 0.279 e. The van der Waals surface area contributed by atoms with E-state index < -0.39 is 23.3 Å². The molecule has 3 amide bonds. The Hall–Kier alpha value is -3.35. The van der Waals surface area contributed by atoms with Crippen LogP contribution < -0.4 is 20.9 Å². The first-order valence-corrected chi connectivity index (χ1v) is 9.73. The second kappa shape index (κ2) is 9.43. The van der Waals surface area contributed by atoms with Crippen molar-refractivity contribution in [1.82, 2.24) is 10.9 Å². The van der Waals surface area contributed by atoms with Gasteiger partial charge in [0.25, 0.3) is 11.8 Å². The molecule has 7 nitrogen and oxygen atoms in total. The van der Waals surface area contributed by atoms with Crippen molar-refractivity contribution in [3.8, 4) is 5.75 Å². The fourth-order valence-corrected chi connectivity index (χ4v) is 2.44. The Morgan fingerprint density at radius 2 is 1.63 bits per heavy atom. The first-order valence-electron chi connectivity index (χ1n) is 9.73. The second-order valence-electron chi connectivity index (χ2n) is 8.19. The third-order valence-corrected chi connectivity index (χ3v) is 4.59. The van der Waals surface area contributed by atoms with E-state index in [1.54, 1.807) is 58.0 Å². The molecule has 2 rings (SSSR count). The predicted octanol–water partition coefficient (Wildman–Crippen LogP) is 3.52. The standard InChI is InChI=1S/C23H29N3O4/c1-14-9-7-12-19(15(14)2)30-16(3)20(27)25-26-21(28)17-10-8-11-18(13-17)24-22(29)23(4,5)6/h7-13,16H,1-6H3,(H,24,29)(H,25,27)(H,26,28)/t16-/m1/s1. The van der Waals surface area contributed by atoms with E-state index in [1.807, 2.05) is 26.0 Å². The lowest BCUT2D eigenvalue weighted by Gasteiger charge is -2.18. The highest BCUT2D eigenvalue weighted by Crippen LogP contribution is 2.22. The molecule has 2 aromatic carbocycles. The fourth-order valence-electron chi connectivity index (χ4n) is 2.44. The summed E-state index contributed by atoms with van der Waals surface area (Å²) in [7, 11) is 0. The van der Waals surface area contributed by atoms with Crippen LogP contribution in [0.2, 0.25) is 0 Å². The summed E-state index contributed by atoms with van der Waals surface area (Å²) in [5, 5.41) is 2.77. The number of nitrogens with one attached hydrogen (secondary N) is 3. The number of benzene rings is 2. The summed E-state index contributed by atoms with van der Waals surface area (Å²) in [5.41, 5.74) is 6.99. The van der Waals surface area contributed by atoms with Crippen LogP contribution in [-0.2, 0) is 9.59 Å². The minimum Gasteiger partial charge on any atom is -0.481 e. The topological polar surface area (TPSA) is 96.5 Å². The van der Waals surface area contributed by atoms with E-state index in [1.165, 1.54) is 0 Å². The SMILES string of the molecule is Cc1cccc(O[C@H](C)C(=O)NNC(=O)c2cccc(NC(=O)C(C)(C)C)c2)c1C. The minimum atomic E-state index is -0.803. The van der Waals surface area contributed by atoms with Gasteiger partial charge in [-0.05, 0) is 56.2 Å². The van der Waals surface area contributed by atoms with Gasteiger partial charge in [0.1, 0.15) is 5.75 Å². The molecule has 7 heteroatoms. The van der Waals surface area contributed by atoms with Crippen LogP contribution in [0, 0.1) is 19.3 Å². The van der Waals surface area contributed by atoms with Crippen LogP contribution in [0.3, 0.4) is 0 Å². The average Bonchev–Trinajstić information content (AvgIpc) is 2.68. The highest BCUT2D eigenvalue weighted by atomic mass is 16.5. The third kappa shape index (κ3) is 6.07. The minimum absolute atomic E-state index is 0.161. The van der Waals surface area contributed by atoms with Crippen molar-refractivity contribution in [2.24, 2.45) is 5.41 Å². The highest BCUT2D eigenvalue weighted by Gasteiger charge is 2.21. The maximum Gasteiger partial charge on any atom is 0.279 e. The van der Waals surface area contributed by atoms with E-state index in [4.69, 9.17) is 4.74 Å². The Bertz CT molecular complexity index is 948. The lowest BCUT2D eigenvalue weighted by Crippen LogP contribution is -2.47. The molecule has 1 atom stereocenters. The normalized spacial score (nSPS) is 11.9. The van der Waals surface area contributed by atoms with Crippen molar-refractivity contribution in [3.63, 3.8) is 0 Å². The fraction of sp³-hybridized carbons (Fsp3) is 0.348. The number of carbonyl (C=O) groups is 3. The molecule has 160 valence electrons. The molecule has 0 spiro atoms.